The number of imidazole rings is 1. The molecule has 1 amide bonds. The third kappa shape index (κ3) is 3.24. The smallest absolute Gasteiger partial charge is 0.241 e. The zero-order chi connectivity index (χ0) is 20.0. The maximum atomic E-state index is 11.6. The number of ether oxygens (including phenoxy) is 2. The summed E-state index contributed by atoms with van der Waals surface area (Å²) in [6, 6.07) is 7.97. The SMILES string of the molecule is CC(Oc1nc(-c2ccc3c(c2)NCCO3)cc2ncn(C)c12)[C@H]1CNC(=O)C1. The fourth-order valence-electron chi connectivity index (χ4n) is 3.90. The van der Waals surface area contributed by atoms with E-state index in [1.54, 1.807) is 6.33 Å². The van der Waals surface area contributed by atoms with E-state index in [1.165, 1.54) is 0 Å². The van der Waals surface area contributed by atoms with Crippen LogP contribution in [-0.4, -0.2) is 46.2 Å². The fraction of sp³-hybridized carbons (Fsp3) is 0.381. The minimum absolute atomic E-state index is 0.0709. The van der Waals surface area contributed by atoms with E-state index in [-0.39, 0.29) is 17.9 Å². The number of pyridine rings is 1. The van der Waals surface area contributed by atoms with Crippen molar-refractivity contribution in [3.05, 3.63) is 30.6 Å². The van der Waals surface area contributed by atoms with E-state index in [9.17, 15) is 4.79 Å². The first-order valence-corrected chi connectivity index (χ1v) is 9.85. The fourth-order valence-corrected chi connectivity index (χ4v) is 3.90. The first kappa shape index (κ1) is 17.8. The third-order valence-electron chi connectivity index (χ3n) is 5.58. The molecule has 8 heteroatoms. The highest BCUT2D eigenvalue weighted by Gasteiger charge is 2.29. The third-order valence-corrected chi connectivity index (χ3v) is 5.58. The molecule has 2 aliphatic heterocycles. The average Bonchev–Trinajstić information content (AvgIpc) is 3.33. The maximum Gasteiger partial charge on any atom is 0.241 e. The lowest BCUT2D eigenvalue weighted by Gasteiger charge is -2.21. The van der Waals surface area contributed by atoms with E-state index in [2.05, 4.69) is 15.6 Å². The van der Waals surface area contributed by atoms with Gasteiger partial charge in [0.05, 0.1) is 23.2 Å². The minimum atomic E-state index is -0.145. The van der Waals surface area contributed by atoms with Crippen LogP contribution >= 0.6 is 0 Å². The van der Waals surface area contributed by atoms with Gasteiger partial charge >= 0.3 is 0 Å². The quantitative estimate of drug-likeness (QED) is 0.707. The molecule has 0 radical (unpaired) electrons. The van der Waals surface area contributed by atoms with Crippen molar-refractivity contribution in [1.82, 2.24) is 19.9 Å². The molecule has 29 heavy (non-hydrogen) atoms. The summed E-state index contributed by atoms with van der Waals surface area (Å²) in [5.41, 5.74) is 4.38. The number of carbonyl (C=O) groups excluding carboxylic acids is 1. The molecule has 1 fully saturated rings. The van der Waals surface area contributed by atoms with Gasteiger partial charge in [0.1, 0.15) is 24.0 Å². The normalized spacial score (nSPS) is 19.2. The average molecular weight is 393 g/mol. The van der Waals surface area contributed by atoms with E-state index in [1.807, 2.05) is 42.8 Å². The summed E-state index contributed by atoms with van der Waals surface area (Å²) in [6.07, 6.45) is 2.09. The van der Waals surface area contributed by atoms with Crippen LogP contribution in [-0.2, 0) is 11.8 Å². The highest BCUT2D eigenvalue weighted by atomic mass is 16.5. The van der Waals surface area contributed by atoms with E-state index in [0.717, 1.165) is 40.3 Å². The molecular formula is C21H23N5O3. The van der Waals surface area contributed by atoms with Gasteiger partial charge in [0.15, 0.2) is 0 Å². The zero-order valence-electron chi connectivity index (χ0n) is 16.4. The Morgan fingerprint density at radius 3 is 3.03 bits per heavy atom. The number of amides is 1. The van der Waals surface area contributed by atoms with Crippen molar-refractivity contribution < 1.29 is 14.3 Å². The lowest BCUT2D eigenvalue weighted by molar-refractivity contribution is -0.119. The summed E-state index contributed by atoms with van der Waals surface area (Å²) < 4.78 is 13.9. The van der Waals surface area contributed by atoms with Crippen LogP contribution in [0.25, 0.3) is 22.3 Å². The van der Waals surface area contributed by atoms with Crippen molar-refractivity contribution in [1.29, 1.82) is 0 Å². The number of hydrogen-bond acceptors (Lipinski definition) is 6. The molecule has 5 rings (SSSR count). The number of aryl methyl sites for hydroxylation is 1. The maximum absolute atomic E-state index is 11.6. The molecule has 1 aromatic carbocycles. The Labute approximate surface area is 168 Å². The van der Waals surface area contributed by atoms with Gasteiger partial charge in [0.2, 0.25) is 11.8 Å². The summed E-state index contributed by atoms with van der Waals surface area (Å²) in [6.45, 7) is 4.06. The minimum Gasteiger partial charge on any atom is -0.490 e. The summed E-state index contributed by atoms with van der Waals surface area (Å²) in [7, 11) is 1.93. The molecule has 2 aromatic heterocycles. The van der Waals surface area contributed by atoms with E-state index in [4.69, 9.17) is 14.5 Å². The number of nitrogens with zero attached hydrogens (tertiary/aromatic N) is 3. The zero-order valence-corrected chi connectivity index (χ0v) is 16.4. The topological polar surface area (TPSA) is 90.3 Å². The molecule has 4 heterocycles. The van der Waals surface area contributed by atoms with Crippen LogP contribution in [0.3, 0.4) is 0 Å². The highest BCUT2D eigenvalue weighted by molar-refractivity contribution is 5.85. The van der Waals surface area contributed by atoms with Crippen molar-refractivity contribution in [2.45, 2.75) is 19.4 Å². The van der Waals surface area contributed by atoms with Crippen LogP contribution in [0.5, 0.6) is 11.6 Å². The van der Waals surface area contributed by atoms with Crippen LogP contribution in [0.4, 0.5) is 5.69 Å². The predicted molar refractivity (Wildman–Crippen MR) is 109 cm³/mol. The van der Waals surface area contributed by atoms with Gasteiger partial charge in [-0.2, -0.15) is 0 Å². The lowest BCUT2D eigenvalue weighted by Crippen LogP contribution is -2.26. The van der Waals surface area contributed by atoms with Crippen molar-refractivity contribution in [2.24, 2.45) is 13.0 Å². The van der Waals surface area contributed by atoms with Gasteiger partial charge in [-0.05, 0) is 31.2 Å². The Morgan fingerprint density at radius 1 is 1.31 bits per heavy atom. The lowest BCUT2D eigenvalue weighted by atomic mass is 10.0. The number of benzene rings is 1. The molecule has 2 N–H and O–H groups in total. The number of aromatic nitrogens is 3. The number of hydrogen-bond donors (Lipinski definition) is 2. The standard InChI is InChI=1S/C21H23N5O3/c1-12(14-8-19(27)23-10-14)29-21-20-17(24-11-26(20)2)9-15(25-21)13-3-4-18-16(7-13)22-5-6-28-18/h3-4,7,9,11-12,14,22H,5-6,8,10H2,1-2H3,(H,23,27)/t12?,14-/m1/s1. The Kier molecular flexibility index (Phi) is 4.26. The predicted octanol–water partition coefficient (Wildman–Crippen LogP) is 2.34. The molecule has 150 valence electrons. The molecule has 1 unspecified atom stereocenters. The number of rotatable bonds is 4. The van der Waals surface area contributed by atoms with E-state index < -0.39 is 0 Å². The summed E-state index contributed by atoms with van der Waals surface area (Å²) in [4.78, 5) is 20.9. The molecule has 2 atom stereocenters. The molecule has 0 aliphatic carbocycles. The van der Waals surface area contributed by atoms with Crippen molar-refractivity contribution >= 4 is 22.6 Å². The van der Waals surface area contributed by atoms with Crippen LogP contribution in [0, 0.1) is 5.92 Å². The van der Waals surface area contributed by atoms with Gasteiger partial charge in [-0.1, -0.05) is 0 Å². The molecule has 0 saturated carbocycles. The molecule has 8 nitrogen and oxygen atoms in total. The second-order valence-electron chi connectivity index (χ2n) is 7.61. The van der Waals surface area contributed by atoms with Crippen LogP contribution in [0.1, 0.15) is 13.3 Å². The van der Waals surface area contributed by atoms with Crippen molar-refractivity contribution in [2.75, 3.05) is 25.0 Å². The Hall–Kier alpha value is -3.29. The molecule has 0 spiro atoms. The first-order valence-electron chi connectivity index (χ1n) is 9.85. The molecule has 0 bridgehead atoms. The van der Waals surface area contributed by atoms with Gasteiger partial charge in [0, 0.05) is 38.0 Å². The number of nitrogens with one attached hydrogen (secondary N) is 2. The Bertz CT molecular complexity index is 1090. The molecule has 1 saturated heterocycles. The largest absolute Gasteiger partial charge is 0.490 e. The summed E-state index contributed by atoms with van der Waals surface area (Å²) in [5, 5.41) is 6.23. The van der Waals surface area contributed by atoms with Gasteiger partial charge in [-0.15, -0.1) is 0 Å². The van der Waals surface area contributed by atoms with Gasteiger partial charge < -0.3 is 24.7 Å². The number of fused-ring (bicyclic) bond motifs is 2. The summed E-state index contributed by atoms with van der Waals surface area (Å²) >= 11 is 0. The second-order valence-corrected chi connectivity index (χ2v) is 7.61. The molecule has 2 aliphatic rings. The molecular weight excluding hydrogens is 370 g/mol. The monoisotopic (exact) mass is 393 g/mol. The van der Waals surface area contributed by atoms with E-state index in [0.29, 0.717) is 25.5 Å². The van der Waals surface area contributed by atoms with Crippen LogP contribution in [0.15, 0.2) is 30.6 Å². The second kappa shape index (κ2) is 6.95. The van der Waals surface area contributed by atoms with Gasteiger partial charge in [-0.25, -0.2) is 9.97 Å². The van der Waals surface area contributed by atoms with Gasteiger partial charge in [-0.3, -0.25) is 4.79 Å². The Balaban J connectivity index is 1.53. The number of carbonyl (C=O) groups is 1. The van der Waals surface area contributed by atoms with Crippen molar-refractivity contribution in [3.63, 3.8) is 0 Å². The molecule has 3 aromatic rings. The van der Waals surface area contributed by atoms with E-state index >= 15 is 0 Å². The van der Waals surface area contributed by atoms with Crippen LogP contribution in [0.2, 0.25) is 0 Å². The van der Waals surface area contributed by atoms with Crippen LogP contribution < -0.4 is 20.1 Å². The van der Waals surface area contributed by atoms with Gasteiger partial charge in [0.25, 0.3) is 0 Å². The highest BCUT2D eigenvalue weighted by Crippen LogP contribution is 2.35. The first-order chi connectivity index (χ1) is 14.1. The van der Waals surface area contributed by atoms with Crippen molar-refractivity contribution in [3.8, 4) is 22.9 Å². The summed E-state index contributed by atoms with van der Waals surface area (Å²) in [5.74, 6) is 1.58. The number of anilines is 1. The Morgan fingerprint density at radius 2 is 2.21 bits per heavy atom.